The summed E-state index contributed by atoms with van der Waals surface area (Å²) in [5.74, 6) is 2.06. The SMILES string of the molecule is CC(C)S(=O)(=O)N1CCC(c2c[nH]c3ccccc23)CC1.CCCS(=O)(=O)N1CCC(c2c[nH]c3ccccc23)CC1.COCCS(=O)(=O)N1CCC(c2c[nH]c3ccccc23)CC1.O=S(=O)(c1ccccc1)N1CCC(c2c[nH]c3ccccc23)CC1. The number of H-pyrrole nitrogens is 4. The van der Waals surface area contributed by atoms with Gasteiger partial charge < -0.3 is 24.7 Å². The van der Waals surface area contributed by atoms with Crippen LogP contribution in [0.15, 0.2) is 157 Å². The number of piperidine rings is 4. The molecule has 0 atom stereocenters. The Balaban J connectivity index is 0.000000130. The number of hydrogen-bond acceptors (Lipinski definition) is 9. The minimum atomic E-state index is -3.37. The number of aromatic amines is 4. The summed E-state index contributed by atoms with van der Waals surface area (Å²) in [6.07, 6.45) is 16.1. The first-order chi connectivity index (χ1) is 42.4. The van der Waals surface area contributed by atoms with Gasteiger partial charge in [-0.1, -0.05) is 97.9 Å². The van der Waals surface area contributed by atoms with Crippen LogP contribution in [0.25, 0.3) is 43.6 Å². The minimum absolute atomic E-state index is 0.0707. The molecule has 8 heterocycles. The van der Waals surface area contributed by atoms with Gasteiger partial charge in [-0.05, 0) is 154 Å². The van der Waals surface area contributed by atoms with E-state index in [1.54, 1.807) is 55.3 Å². The van der Waals surface area contributed by atoms with Crippen LogP contribution in [-0.2, 0) is 44.8 Å². The fourth-order valence-corrected chi connectivity index (χ4v) is 18.9. The monoisotopic (exact) mass is 1270 g/mol. The number of nitrogens with one attached hydrogen (secondary N) is 4. The lowest BCUT2D eigenvalue weighted by atomic mass is 9.90. The van der Waals surface area contributed by atoms with Gasteiger partial charge in [0.1, 0.15) is 0 Å². The third kappa shape index (κ3) is 14.9. The Morgan fingerprint density at radius 2 is 0.705 bits per heavy atom. The summed E-state index contributed by atoms with van der Waals surface area (Å²) in [6, 6.07) is 41.9. The molecule has 4 saturated heterocycles. The number of para-hydroxylation sites is 4. The van der Waals surface area contributed by atoms with Crippen molar-refractivity contribution in [2.45, 2.75) is 112 Å². The van der Waals surface area contributed by atoms with E-state index in [2.05, 4.69) is 111 Å². The van der Waals surface area contributed by atoms with Gasteiger partial charge in [0.15, 0.2) is 0 Å². The van der Waals surface area contributed by atoms with E-state index in [4.69, 9.17) is 4.74 Å². The van der Waals surface area contributed by atoms with Crippen molar-refractivity contribution >= 4 is 83.7 Å². The molecule has 4 aromatic heterocycles. The quantitative estimate of drug-likeness (QED) is 0.0765. The third-order valence-corrected chi connectivity index (χ3v) is 26.3. The zero-order valence-electron chi connectivity index (χ0n) is 51.1. The smallest absolute Gasteiger partial charge is 0.243 e. The van der Waals surface area contributed by atoms with Crippen molar-refractivity contribution in [3.8, 4) is 0 Å². The van der Waals surface area contributed by atoms with Crippen LogP contribution < -0.4 is 0 Å². The number of methoxy groups -OCH3 is 1. The maximum absolute atomic E-state index is 12.7. The van der Waals surface area contributed by atoms with E-state index in [1.165, 1.54) is 50.9 Å². The Labute approximate surface area is 520 Å². The zero-order chi connectivity index (χ0) is 62.1. The van der Waals surface area contributed by atoms with Gasteiger partial charge in [0.25, 0.3) is 0 Å². The first-order valence-electron chi connectivity index (χ1n) is 31.1. The van der Waals surface area contributed by atoms with Gasteiger partial charge in [-0.25, -0.2) is 46.6 Å². The normalized spacial score (nSPS) is 18.1. The van der Waals surface area contributed by atoms with Gasteiger partial charge in [-0.3, -0.25) is 0 Å². The fraction of sp³-hybridized carbons (Fsp3) is 0.433. The fourth-order valence-electron chi connectivity index (χ4n) is 13.2. The Hall–Kier alpha value is -6.14. The number of benzene rings is 5. The van der Waals surface area contributed by atoms with Crippen LogP contribution in [0.2, 0.25) is 0 Å². The predicted molar refractivity (Wildman–Crippen MR) is 355 cm³/mol. The molecule has 4 aliphatic rings. The summed E-state index contributed by atoms with van der Waals surface area (Å²) < 4.78 is 110. The molecule has 472 valence electrons. The first-order valence-corrected chi connectivity index (χ1v) is 37.3. The molecule has 0 spiro atoms. The molecule has 4 aliphatic heterocycles. The highest BCUT2D eigenvalue weighted by Gasteiger charge is 2.34. The van der Waals surface area contributed by atoms with E-state index >= 15 is 0 Å². The molecule has 9 aromatic rings. The van der Waals surface area contributed by atoms with Crippen LogP contribution in [0, 0.1) is 0 Å². The molecule has 21 heteroatoms. The van der Waals surface area contributed by atoms with Crippen molar-refractivity contribution in [2.75, 3.05) is 77.6 Å². The van der Waals surface area contributed by atoms with Crippen LogP contribution in [0.1, 0.15) is 124 Å². The van der Waals surface area contributed by atoms with Gasteiger partial charge in [0.2, 0.25) is 40.1 Å². The van der Waals surface area contributed by atoms with Crippen LogP contribution in [0.4, 0.5) is 0 Å². The van der Waals surface area contributed by atoms with E-state index in [0.29, 0.717) is 87.3 Å². The molecule has 0 unspecified atom stereocenters. The Morgan fingerprint density at radius 1 is 0.409 bits per heavy atom. The summed E-state index contributed by atoms with van der Waals surface area (Å²) in [7, 11) is -11.2. The van der Waals surface area contributed by atoms with Crippen molar-refractivity contribution in [3.05, 3.63) is 174 Å². The average Bonchev–Trinajstić information content (AvgIpc) is 3.25. The standard InChI is InChI=1S/C19H20N2O2S.C16H22N2O3S.2C16H22N2O2S/c22-24(23,16-6-2-1-3-7-16)21-12-10-15(11-13-21)18-14-20-19-9-5-4-8-17(18)19;1-21-10-11-22(19,20)18-8-6-13(7-9-18)15-12-17-16-5-3-2-4-14(15)16;1-12(2)21(19,20)18-9-7-13(8-10-18)15-11-17-16-6-4-3-5-14(15)16;1-2-11-21(19,20)18-9-7-13(8-10-18)15-12-17-16-6-4-3-5-14(15)16/h1-9,14-15,20H,10-13H2;2-5,12-13,17H,6-11H2,1H3;3-6,11-13,17H,7-10H2,1-2H3;3-6,12-13,17H,2,7-11H2,1H3. The molecule has 88 heavy (non-hydrogen) atoms. The number of aromatic nitrogens is 4. The van der Waals surface area contributed by atoms with Crippen molar-refractivity contribution in [1.82, 2.24) is 37.2 Å². The number of hydrogen-bond donors (Lipinski definition) is 4. The first kappa shape index (κ1) is 64.8. The van der Waals surface area contributed by atoms with Crippen LogP contribution >= 0.6 is 0 Å². The second kappa shape index (κ2) is 28.8. The lowest BCUT2D eigenvalue weighted by molar-refractivity contribution is 0.214. The molecule has 0 aliphatic carbocycles. The third-order valence-electron chi connectivity index (χ3n) is 18.2. The number of rotatable bonds is 15. The lowest BCUT2D eigenvalue weighted by Crippen LogP contribution is -2.41. The van der Waals surface area contributed by atoms with E-state index in [9.17, 15) is 33.7 Å². The molecule has 0 saturated carbocycles. The van der Waals surface area contributed by atoms with Crippen molar-refractivity contribution in [2.24, 2.45) is 0 Å². The summed E-state index contributed by atoms with van der Waals surface area (Å²) in [5, 5.41) is 4.71. The Morgan fingerprint density at radius 3 is 1.02 bits per heavy atom. The highest BCUT2D eigenvalue weighted by molar-refractivity contribution is 7.90. The van der Waals surface area contributed by atoms with Gasteiger partial charge in [-0.2, -0.15) is 4.31 Å². The van der Waals surface area contributed by atoms with Crippen LogP contribution in [0.5, 0.6) is 0 Å². The van der Waals surface area contributed by atoms with Gasteiger partial charge in [0.05, 0.1) is 28.3 Å². The molecule has 13 rings (SSSR count). The molecule has 17 nitrogen and oxygen atoms in total. The zero-order valence-corrected chi connectivity index (χ0v) is 54.3. The molecule has 0 amide bonds. The van der Waals surface area contributed by atoms with E-state index in [0.717, 1.165) is 73.4 Å². The van der Waals surface area contributed by atoms with Gasteiger partial charge in [0, 0.05) is 128 Å². The summed E-state index contributed by atoms with van der Waals surface area (Å²) >= 11 is 0. The number of nitrogens with zero attached hydrogens (tertiary/aromatic N) is 4. The summed E-state index contributed by atoms with van der Waals surface area (Å²) in [5.41, 5.74) is 9.88. The van der Waals surface area contributed by atoms with Crippen molar-refractivity contribution in [3.63, 3.8) is 0 Å². The maximum Gasteiger partial charge on any atom is 0.243 e. The predicted octanol–water partition coefficient (Wildman–Crippen LogP) is 12.2. The van der Waals surface area contributed by atoms with E-state index in [1.807, 2.05) is 43.3 Å². The molecule has 4 fully saturated rings. The molecule has 0 bridgehead atoms. The van der Waals surface area contributed by atoms with E-state index < -0.39 is 40.1 Å². The highest BCUT2D eigenvalue weighted by Crippen LogP contribution is 2.38. The number of ether oxygens (including phenoxy) is 1. The molecular weight excluding hydrogens is 1190 g/mol. The van der Waals surface area contributed by atoms with Crippen LogP contribution in [0.3, 0.4) is 0 Å². The van der Waals surface area contributed by atoms with Gasteiger partial charge in [-0.15, -0.1) is 0 Å². The summed E-state index contributed by atoms with van der Waals surface area (Å²) in [6.45, 7) is 10.5. The lowest BCUT2D eigenvalue weighted by Gasteiger charge is -2.32. The molecule has 0 radical (unpaired) electrons. The topological polar surface area (TPSA) is 222 Å². The van der Waals surface area contributed by atoms with Crippen LogP contribution in [-0.4, -0.2) is 154 Å². The molecule has 4 N–H and O–H groups in total. The highest BCUT2D eigenvalue weighted by atomic mass is 32.2. The van der Waals surface area contributed by atoms with Crippen molar-refractivity contribution < 1.29 is 38.4 Å². The molecular formula is C67H86N8O9S4. The maximum atomic E-state index is 12.7. The minimum Gasteiger partial charge on any atom is -0.384 e. The second-order valence-corrected chi connectivity index (χ2v) is 32.5. The van der Waals surface area contributed by atoms with Gasteiger partial charge >= 0.3 is 0 Å². The van der Waals surface area contributed by atoms with E-state index in [-0.39, 0.29) is 23.4 Å². The molecule has 5 aromatic carbocycles. The number of fused-ring (bicyclic) bond motifs is 4. The second-order valence-electron chi connectivity index (χ2n) is 23.9. The average molecular weight is 1280 g/mol. The van der Waals surface area contributed by atoms with Crippen molar-refractivity contribution in [1.29, 1.82) is 0 Å². The Bertz CT molecular complexity index is 4190. The Kier molecular flexibility index (Phi) is 21.2. The number of sulfonamides is 4. The largest absolute Gasteiger partial charge is 0.384 e. The summed E-state index contributed by atoms with van der Waals surface area (Å²) in [4.78, 5) is 13.6.